The summed E-state index contributed by atoms with van der Waals surface area (Å²) in [5.41, 5.74) is 2.16. The van der Waals surface area contributed by atoms with E-state index in [0.29, 0.717) is 6.04 Å². The fourth-order valence-corrected chi connectivity index (χ4v) is 2.33. The summed E-state index contributed by atoms with van der Waals surface area (Å²) in [5.74, 6) is 1.03. The Bertz CT molecular complexity index is 498. The summed E-state index contributed by atoms with van der Waals surface area (Å²) < 4.78 is 0. The van der Waals surface area contributed by atoms with Crippen molar-refractivity contribution in [3.05, 3.63) is 41.3 Å². The van der Waals surface area contributed by atoms with Gasteiger partial charge in [-0.15, -0.1) is 0 Å². The lowest BCUT2D eigenvalue weighted by Crippen LogP contribution is -2.14. The molecule has 0 unspecified atom stereocenters. The predicted octanol–water partition coefficient (Wildman–Crippen LogP) is 3.15. The number of hydrogen-bond donors (Lipinski definition) is 2. The van der Waals surface area contributed by atoms with Crippen molar-refractivity contribution in [3.8, 4) is 11.3 Å². The van der Waals surface area contributed by atoms with Crippen LogP contribution in [0.15, 0.2) is 30.5 Å². The Kier molecular flexibility index (Phi) is 2.87. The number of aromatic amines is 1. The number of halogens is 1. The maximum atomic E-state index is 5.87. The monoisotopic (exact) mass is 247 g/mol. The molecule has 2 heterocycles. The first kappa shape index (κ1) is 10.8. The SMILES string of the molecule is Clc1ccc(-c2cnc([C@@H]3CCCN3)[nH]2)cc1. The van der Waals surface area contributed by atoms with Crippen LogP contribution in [0.5, 0.6) is 0 Å². The first-order chi connectivity index (χ1) is 8.33. The first-order valence-corrected chi connectivity index (χ1v) is 6.25. The molecule has 17 heavy (non-hydrogen) atoms. The molecule has 3 rings (SSSR count). The Hall–Kier alpha value is -1.32. The van der Waals surface area contributed by atoms with Gasteiger partial charge in [0.1, 0.15) is 5.82 Å². The topological polar surface area (TPSA) is 40.7 Å². The zero-order valence-electron chi connectivity index (χ0n) is 9.41. The number of rotatable bonds is 2. The number of benzene rings is 1. The molecule has 1 saturated heterocycles. The molecule has 1 aromatic carbocycles. The van der Waals surface area contributed by atoms with Gasteiger partial charge in [0, 0.05) is 5.02 Å². The fourth-order valence-electron chi connectivity index (χ4n) is 2.21. The normalized spacial score (nSPS) is 19.7. The number of nitrogens with one attached hydrogen (secondary N) is 2. The maximum absolute atomic E-state index is 5.87. The Morgan fingerprint density at radius 3 is 2.76 bits per heavy atom. The van der Waals surface area contributed by atoms with Gasteiger partial charge in [0.25, 0.3) is 0 Å². The molecule has 0 bridgehead atoms. The second-order valence-electron chi connectivity index (χ2n) is 4.34. The molecule has 2 N–H and O–H groups in total. The third-order valence-electron chi connectivity index (χ3n) is 3.14. The summed E-state index contributed by atoms with van der Waals surface area (Å²) >= 11 is 5.87. The van der Waals surface area contributed by atoms with Gasteiger partial charge in [-0.05, 0) is 37.1 Å². The molecular formula is C13H14ClN3. The van der Waals surface area contributed by atoms with Crippen LogP contribution >= 0.6 is 11.6 Å². The minimum Gasteiger partial charge on any atom is -0.341 e. The molecular weight excluding hydrogens is 234 g/mol. The predicted molar refractivity (Wildman–Crippen MR) is 69.0 cm³/mol. The van der Waals surface area contributed by atoms with E-state index in [1.165, 1.54) is 6.42 Å². The highest BCUT2D eigenvalue weighted by molar-refractivity contribution is 6.30. The molecule has 1 aliphatic heterocycles. The number of hydrogen-bond acceptors (Lipinski definition) is 2. The highest BCUT2D eigenvalue weighted by Gasteiger charge is 2.19. The summed E-state index contributed by atoms with van der Waals surface area (Å²) in [6, 6.07) is 8.18. The minimum absolute atomic E-state index is 0.385. The van der Waals surface area contributed by atoms with E-state index in [-0.39, 0.29) is 0 Å². The Balaban J connectivity index is 1.86. The quantitative estimate of drug-likeness (QED) is 0.856. The largest absolute Gasteiger partial charge is 0.341 e. The smallest absolute Gasteiger partial charge is 0.123 e. The molecule has 0 aliphatic carbocycles. The van der Waals surface area contributed by atoms with Gasteiger partial charge in [0.15, 0.2) is 0 Å². The van der Waals surface area contributed by atoms with Crippen LogP contribution in [0.2, 0.25) is 5.02 Å². The van der Waals surface area contributed by atoms with Crippen molar-refractivity contribution in [1.82, 2.24) is 15.3 Å². The maximum Gasteiger partial charge on any atom is 0.123 e. The van der Waals surface area contributed by atoms with Crippen molar-refractivity contribution in [2.75, 3.05) is 6.54 Å². The van der Waals surface area contributed by atoms with Crippen LogP contribution in [-0.2, 0) is 0 Å². The summed E-state index contributed by atoms with van der Waals surface area (Å²) in [7, 11) is 0. The Morgan fingerprint density at radius 1 is 1.24 bits per heavy atom. The van der Waals surface area contributed by atoms with Crippen LogP contribution in [0.3, 0.4) is 0 Å². The van der Waals surface area contributed by atoms with E-state index in [9.17, 15) is 0 Å². The van der Waals surface area contributed by atoms with Crippen molar-refractivity contribution in [2.24, 2.45) is 0 Å². The van der Waals surface area contributed by atoms with Gasteiger partial charge in [-0.25, -0.2) is 4.98 Å². The second kappa shape index (κ2) is 4.51. The molecule has 3 nitrogen and oxygen atoms in total. The van der Waals surface area contributed by atoms with Gasteiger partial charge in [0.05, 0.1) is 17.9 Å². The van der Waals surface area contributed by atoms with Crippen LogP contribution in [0.25, 0.3) is 11.3 Å². The average molecular weight is 248 g/mol. The lowest BCUT2D eigenvalue weighted by molar-refractivity contribution is 0.613. The summed E-state index contributed by atoms with van der Waals surface area (Å²) in [4.78, 5) is 7.82. The standard InChI is InChI=1S/C13H14ClN3/c14-10-5-3-9(4-6-10)12-8-16-13(17-12)11-2-1-7-15-11/h3-6,8,11,15H,1-2,7H2,(H,16,17)/t11-/m0/s1. The van der Waals surface area contributed by atoms with Crippen molar-refractivity contribution in [2.45, 2.75) is 18.9 Å². The second-order valence-corrected chi connectivity index (χ2v) is 4.77. The van der Waals surface area contributed by atoms with Gasteiger partial charge in [-0.3, -0.25) is 0 Å². The van der Waals surface area contributed by atoms with Crippen molar-refractivity contribution < 1.29 is 0 Å². The van der Waals surface area contributed by atoms with Crippen LogP contribution in [0, 0.1) is 0 Å². The minimum atomic E-state index is 0.385. The summed E-state index contributed by atoms with van der Waals surface area (Å²) in [6.07, 6.45) is 4.27. The molecule has 0 saturated carbocycles. The van der Waals surface area contributed by atoms with Crippen LogP contribution in [0.4, 0.5) is 0 Å². The van der Waals surface area contributed by atoms with E-state index in [1.807, 2.05) is 30.5 Å². The number of aromatic nitrogens is 2. The number of nitrogens with zero attached hydrogens (tertiary/aromatic N) is 1. The molecule has 0 spiro atoms. The van der Waals surface area contributed by atoms with Gasteiger partial charge in [-0.1, -0.05) is 23.7 Å². The summed E-state index contributed by atoms with van der Waals surface area (Å²) in [5, 5.41) is 4.19. The molecule has 88 valence electrons. The number of imidazole rings is 1. The van der Waals surface area contributed by atoms with E-state index in [2.05, 4.69) is 15.3 Å². The Morgan fingerprint density at radius 2 is 2.06 bits per heavy atom. The number of H-pyrrole nitrogens is 1. The van der Waals surface area contributed by atoms with Gasteiger partial charge < -0.3 is 10.3 Å². The summed E-state index contributed by atoms with van der Waals surface area (Å²) in [6.45, 7) is 1.08. The van der Waals surface area contributed by atoms with Crippen LogP contribution < -0.4 is 5.32 Å². The molecule has 1 aliphatic rings. The lowest BCUT2D eigenvalue weighted by atomic mass is 10.2. The van der Waals surface area contributed by atoms with Gasteiger partial charge >= 0.3 is 0 Å². The molecule has 0 radical (unpaired) electrons. The van der Waals surface area contributed by atoms with E-state index in [4.69, 9.17) is 11.6 Å². The van der Waals surface area contributed by atoms with Gasteiger partial charge in [-0.2, -0.15) is 0 Å². The third-order valence-corrected chi connectivity index (χ3v) is 3.39. The lowest BCUT2D eigenvalue weighted by Gasteiger charge is -2.05. The van der Waals surface area contributed by atoms with Crippen LogP contribution in [-0.4, -0.2) is 16.5 Å². The average Bonchev–Trinajstić information content (AvgIpc) is 3.00. The highest BCUT2D eigenvalue weighted by atomic mass is 35.5. The van der Waals surface area contributed by atoms with E-state index < -0.39 is 0 Å². The van der Waals surface area contributed by atoms with Crippen molar-refractivity contribution >= 4 is 11.6 Å². The van der Waals surface area contributed by atoms with Crippen molar-refractivity contribution in [1.29, 1.82) is 0 Å². The molecule has 1 fully saturated rings. The highest BCUT2D eigenvalue weighted by Crippen LogP contribution is 2.24. The molecule has 1 aromatic heterocycles. The van der Waals surface area contributed by atoms with Gasteiger partial charge in [0.2, 0.25) is 0 Å². The molecule has 2 aromatic rings. The Labute approximate surface area is 105 Å². The van der Waals surface area contributed by atoms with E-state index in [0.717, 1.165) is 35.1 Å². The first-order valence-electron chi connectivity index (χ1n) is 5.87. The van der Waals surface area contributed by atoms with E-state index in [1.54, 1.807) is 0 Å². The van der Waals surface area contributed by atoms with Crippen LogP contribution in [0.1, 0.15) is 24.7 Å². The molecule has 1 atom stereocenters. The zero-order valence-corrected chi connectivity index (χ0v) is 10.2. The van der Waals surface area contributed by atoms with E-state index >= 15 is 0 Å². The zero-order chi connectivity index (χ0) is 11.7. The van der Waals surface area contributed by atoms with Crippen molar-refractivity contribution in [3.63, 3.8) is 0 Å². The third kappa shape index (κ3) is 2.21. The molecule has 0 amide bonds. The fraction of sp³-hybridized carbons (Fsp3) is 0.308. The molecule has 4 heteroatoms.